The van der Waals surface area contributed by atoms with Crippen molar-refractivity contribution in [2.45, 2.75) is 32.1 Å². The molecule has 90 valence electrons. The molecule has 0 aliphatic heterocycles. The first kappa shape index (κ1) is 13.2. The van der Waals surface area contributed by atoms with Crippen molar-refractivity contribution >= 4 is 11.0 Å². The SMILES string of the molecule is COc1ccccc1CNS(=O)C(C)(C)C. The molecule has 0 spiro atoms. The minimum Gasteiger partial charge on any atom is -0.496 e. The summed E-state index contributed by atoms with van der Waals surface area (Å²) in [6.45, 7) is 6.38. The number of ether oxygens (including phenoxy) is 1. The van der Waals surface area contributed by atoms with Crippen molar-refractivity contribution in [3.63, 3.8) is 0 Å². The predicted octanol–water partition coefficient (Wildman–Crippen LogP) is 2.25. The Kier molecular flexibility index (Phi) is 4.50. The van der Waals surface area contributed by atoms with Gasteiger partial charge in [-0.15, -0.1) is 0 Å². The number of hydrogen-bond acceptors (Lipinski definition) is 2. The van der Waals surface area contributed by atoms with E-state index in [9.17, 15) is 4.21 Å². The maximum absolute atomic E-state index is 11.8. The van der Waals surface area contributed by atoms with E-state index < -0.39 is 11.0 Å². The van der Waals surface area contributed by atoms with Gasteiger partial charge in [0.2, 0.25) is 0 Å². The first-order chi connectivity index (χ1) is 7.45. The fourth-order valence-electron chi connectivity index (χ4n) is 1.21. The number of para-hydroxylation sites is 1. The summed E-state index contributed by atoms with van der Waals surface area (Å²) in [4.78, 5) is 0. The average molecular weight is 241 g/mol. The topological polar surface area (TPSA) is 38.3 Å². The first-order valence-corrected chi connectivity index (χ1v) is 6.37. The van der Waals surface area contributed by atoms with Crippen LogP contribution in [0.1, 0.15) is 26.3 Å². The van der Waals surface area contributed by atoms with Crippen LogP contribution in [-0.4, -0.2) is 16.1 Å². The second-order valence-electron chi connectivity index (χ2n) is 4.51. The summed E-state index contributed by atoms with van der Waals surface area (Å²) < 4.78 is 19.8. The highest BCUT2D eigenvalue weighted by Gasteiger charge is 2.19. The maximum atomic E-state index is 11.8. The quantitative estimate of drug-likeness (QED) is 0.878. The predicted molar refractivity (Wildman–Crippen MR) is 67.7 cm³/mol. The standard InChI is InChI=1S/C12H19NO2S/c1-12(2,3)16(14)13-9-10-7-5-6-8-11(10)15-4/h5-8,13H,9H2,1-4H3. The molecule has 0 bridgehead atoms. The Balaban J connectivity index is 2.65. The molecule has 16 heavy (non-hydrogen) atoms. The zero-order chi connectivity index (χ0) is 12.2. The molecule has 0 aliphatic carbocycles. The summed E-state index contributed by atoms with van der Waals surface area (Å²) in [5.41, 5.74) is 1.02. The number of nitrogens with one attached hydrogen (secondary N) is 1. The second-order valence-corrected chi connectivity index (χ2v) is 6.56. The van der Waals surface area contributed by atoms with Gasteiger partial charge in [-0.1, -0.05) is 18.2 Å². The Labute approximate surface area is 99.8 Å². The molecule has 3 nitrogen and oxygen atoms in total. The Morgan fingerprint density at radius 2 is 1.94 bits per heavy atom. The molecule has 1 aromatic rings. The average Bonchev–Trinajstić information content (AvgIpc) is 2.24. The Hall–Kier alpha value is -0.870. The molecule has 0 saturated heterocycles. The largest absolute Gasteiger partial charge is 0.496 e. The fourth-order valence-corrected chi connectivity index (χ4v) is 1.93. The fraction of sp³-hybridized carbons (Fsp3) is 0.500. The lowest BCUT2D eigenvalue weighted by molar-refractivity contribution is 0.409. The van der Waals surface area contributed by atoms with E-state index >= 15 is 0 Å². The number of benzene rings is 1. The van der Waals surface area contributed by atoms with E-state index in [1.165, 1.54) is 0 Å². The van der Waals surface area contributed by atoms with Gasteiger partial charge in [0.15, 0.2) is 0 Å². The zero-order valence-corrected chi connectivity index (χ0v) is 11.1. The highest BCUT2D eigenvalue weighted by Crippen LogP contribution is 2.17. The van der Waals surface area contributed by atoms with E-state index in [-0.39, 0.29) is 4.75 Å². The van der Waals surface area contributed by atoms with E-state index in [1.54, 1.807) is 7.11 Å². The highest BCUT2D eigenvalue weighted by atomic mass is 32.2. The van der Waals surface area contributed by atoms with E-state index in [1.807, 2.05) is 45.0 Å². The van der Waals surface area contributed by atoms with Crippen LogP contribution in [0.3, 0.4) is 0 Å². The minimum atomic E-state index is -1.05. The van der Waals surface area contributed by atoms with Gasteiger partial charge in [-0.3, -0.25) is 0 Å². The van der Waals surface area contributed by atoms with Gasteiger partial charge in [0, 0.05) is 12.1 Å². The van der Waals surface area contributed by atoms with Crippen LogP contribution in [0, 0.1) is 0 Å². The molecule has 1 N–H and O–H groups in total. The molecular weight excluding hydrogens is 222 g/mol. The molecule has 1 unspecified atom stereocenters. The van der Waals surface area contributed by atoms with E-state index in [2.05, 4.69) is 4.72 Å². The molecule has 0 amide bonds. The molecule has 1 atom stereocenters. The molecule has 1 rings (SSSR count). The van der Waals surface area contributed by atoms with Crippen molar-refractivity contribution in [1.29, 1.82) is 0 Å². The lowest BCUT2D eigenvalue weighted by Gasteiger charge is -2.18. The Morgan fingerprint density at radius 3 is 2.50 bits per heavy atom. The van der Waals surface area contributed by atoms with Crippen molar-refractivity contribution in [2.75, 3.05) is 7.11 Å². The van der Waals surface area contributed by atoms with Crippen LogP contribution in [0.25, 0.3) is 0 Å². The molecule has 0 saturated carbocycles. The minimum absolute atomic E-state index is 0.248. The third-order valence-corrected chi connectivity index (χ3v) is 3.66. The zero-order valence-electron chi connectivity index (χ0n) is 10.2. The van der Waals surface area contributed by atoms with Crippen LogP contribution in [0.2, 0.25) is 0 Å². The molecule has 0 heterocycles. The Bertz CT molecular complexity index is 372. The van der Waals surface area contributed by atoms with Gasteiger partial charge in [-0.05, 0) is 26.8 Å². The lowest BCUT2D eigenvalue weighted by atomic mass is 10.2. The molecule has 4 heteroatoms. The van der Waals surface area contributed by atoms with Crippen molar-refractivity contribution in [3.8, 4) is 5.75 Å². The van der Waals surface area contributed by atoms with Gasteiger partial charge < -0.3 is 4.74 Å². The summed E-state index contributed by atoms with van der Waals surface area (Å²) >= 11 is 0. The number of hydrogen-bond donors (Lipinski definition) is 1. The third-order valence-electron chi connectivity index (χ3n) is 2.14. The maximum Gasteiger partial charge on any atom is 0.123 e. The summed E-state index contributed by atoms with van der Waals surface area (Å²) in [5, 5.41) is 0. The van der Waals surface area contributed by atoms with Gasteiger partial charge in [0.05, 0.1) is 22.8 Å². The van der Waals surface area contributed by atoms with Crippen LogP contribution in [-0.2, 0) is 17.5 Å². The van der Waals surface area contributed by atoms with Crippen LogP contribution in [0.4, 0.5) is 0 Å². The summed E-state index contributed by atoms with van der Waals surface area (Å²) in [7, 11) is 0.585. The van der Waals surface area contributed by atoms with E-state index in [4.69, 9.17) is 4.74 Å². The van der Waals surface area contributed by atoms with Crippen LogP contribution < -0.4 is 9.46 Å². The van der Waals surface area contributed by atoms with Gasteiger partial charge >= 0.3 is 0 Å². The first-order valence-electron chi connectivity index (χ1n) is 5.22. The molecule has 0 aliphatic rings. The third kappa shape index (κ3) is 3.61. The summed E-state index contributed by atoms with van der Waals surface area (Å²) in [6.07, 6.45) is 0. The summed E-state index contributed by atoms with van der Waals surface area (Å²) in [6, 6.07) is 7.73. The van der Waals surface area contributed by atoms with Crippen molar-refractivity contribution < 1.29 is 8.95 Å². The summed E-state index contributed by atoms with van der Waals surface area (Å²) in [5.74, 6) is 0.820. The number of methoxy groups -OCH3 is 1. The van der Waals surface area contributed by atoms with Gasteiger partial charge in [-0.25, -0.2) is 8.93 Å². The van der Waals surface area contributed by atoms with Gasteiger partial charge in [-0.2, -0.15) is 0 Å². The smallest absolute Gasteiger partial charge is 0.123 e. The molecule has 0 aromatic heterocycles. The molecule has 0 radical (unpaired) electrons. The van der Waals surface area contributed by atoms with E-state index in [0.717, 1.165) is 11.3 Å². The highest BCUT2D eigenvalue weighted by molar-refractivity contribution is 7.84. The van der Waals surface area contributed by atoms with E-state index in [0.29, 0.717) is 6.54 Å². The second kappa shape index (κ2) is 5.46. The lowest BCUT2D eigenvalue weighted by Crippen LogP contribution is -2.32. The normalized spacial score (nSPS) is 13.5. The molecule has 1 aromatic carbocycles. The van der Waals surface area contributed by atoms with Crippen LogP contribution in [0.5, 0.6) is 5.75 Å². The Morgan fingerprint density at radius 1 is 1.31 bits per heavy atom. The molecule has 0 fully saturated rings. The van der Waals surface area contributed by atoms with Crippen molar-refractivity contribution in [1.82, 2.24) is 4.72 Å². The molecular formula is C12H19NO2S. The monoisotopic (exact) mass is 241 g/mol. The van der Waals surface area contributed by atoms with Crippen LogP contribution in [0.15, 0.2) is 24.3 Å². The van der Waals surface area contributed by atoms with Gasteiger partial charge in [0.1, 0.15) is 5.75 Å². The van der Waals surface area contributed by atoms with Crippen molar-refractivity contribution in [2.24, 2.45) is 0 Å². The van der Waals surface area contributed by atoms with Crippen LogP contribution >= 0.6 is 0 Å². The van der Waals surface area contributed by atoms with Gasteiger partial charge in [0.25, 0.3) is 0 Å². The van der Waals surface area contributed by atoms with Crippen molar-refractivity contribution in [3.05, 3.63) is 29.8 Å². The number of rotatable bonds is 4.